The molecular formula is C12H14O. The Labute approximate surface area is 78.2 Å². The Morgan fingerprint density at radius 2 is 2.31 bits per heavy atom. The lowest BCUT2D eigenvalue weighted by atomic mass is 9.53. The highest BCUT2D eigenvalue weighted by Crippen LogP contribution is 2.74. The molecule has 0 heterocycles. The third-order valence-electron chi connectivity index (χ3n) is 5.25. The number of rotatable bonds is 0. The minimum absolute atomic E-state index is 0.455. The van der Waals surface area contributed by atoms with Crippen LogP contribution < -0.4 is 0 Å². The summed E-state index contributed by atoms with van der Waals surface area (Å²) in [5.41, 5.74) is 2.14. The van der Waals surface area contributed by atoms with E-state index in [1.165, 1.54) is 25.7 Å². The first-order valence-electron chi connectivity index (χ1n) is 5.55. The Morgan fingerprint density at radius 3 is 3.23 bits per heavy atom. The van der Waals surface area contributed by atoms with E-state index in [0.29, 0.717) is 17.1 Å². The van der Waals surface area contributed by atoms with Gasteiger partial charge in [0.2, 0.25) is 0 Å². The second-order valence-corrected chi connectivity index (χ2v) is 5.29. The topological polar surface area (TPSA) is 17.1 Å². The van der Waals surface area contributed by atoms with Crippen LogP contribution in [0, 0.1) is 23.2 Å². The summed E-state index contributed by atoms with van der Waals surface area (Å²) in [6, 6.07) is 0. The maximum Gasteiger partial charge on any atom is 0.137 e. The van der Waals surface area contributed by atoms with Gasteiger partial charge in [-0.15, -0.1) is 0 Å². The highest BCUT2D eigenvalue weighted by Gasteiger charge is 2.70. The molecule has 0 saturated heterocycles. The monoisotopic (exact) mass is 174 g/mol. The smallest absolute Gasteiger partial charge is 0.137 e. The second kappa shape index (κ2) is 1.77. The summed E-state index contributed by atoms with van der Waals surface area (Å²) in [6.45, 7) is 0. The van der Waals surface area contributed by atoms with Gasteiger partial charge in [0.15, 0.2) is 0 Å². The molecule has 3 saturated carbocycles. The second-order valence-electron chi connectivity index (χ2n) is 5.29. The molecule has 0 aromatic carbocycles. The largest absolute Gasteiger partial charge is 0.299 e. The van der Waals surface area contributed by atoms with Gasteiger partial charge < -0.3 is 0 Å². The zero-order valence-corrected chi connectivity index (χ0v) is 7.75. The van der Waals surface area contributed by atoms with E-state index in [1.807, 2.05) is 0 Å². The van der Waals surface area contributed by atoms with Crippen molar-refractivity contribution in [2.24, 2.45) is 23.2 Å². The van der Waals surface area contributed by atoms with Crippen molar-refractivity contribution in [3.63, 3.8) is 0 Å². The Hall–Kier alpha value is -0.590. The molecule has 0 aliphatic heterocycles. The zero-order chi connectivity index (χ0) is 8.63. The zero-order valence-electron chi connectivity index (χ0n) is 7.75. The SMILES string of the molecule is O=C1C[C@@H]2CC=C3CC[C@@H]4C[C@@H]1C342. The van der Waals surface area contributed by atoms with E-state index in [4.69, 9.17) is 0 Å². The molecular weight excluding hydrogens is 160 g/mol. The van der Waals surface area contributed by atoms with Gasteiger partial charge in [-0.2, -0.15) is 0 Å². The molecule has 0 N–H and O–H groups in total. The first kappa shape index (κ1) is 6.80. The lowest BCUT2D eigenvalue weighted by Gasteiger charge is -2.49. The van der Waals surface area contributed by atoms with Crippen LogP contribution in [0.1, 0.15) is 32.1 Å². The fourth-order valence-electron chi connectivity index (χ4n) is 4.86. The maximum absolute atomic E-state index is 11.7. The van der Waals surface area contributed by atoms with Crippen molar-refractivity contribution in [3.05, 3.63) is 11.6 Å². The van der Waals surface area contributed by atoms with E-state index in [2.05, 4.69) is 6.08 Å². The fourth-order valence-corrected chi connectivity index (χ4v) is 4.86. The Morgan fingerprint density at radius 1 is 1.38 bits per heavy atom. The van der Waals surface area contributed by atoms with Gasteiger partial charge in [0.05, 0.1) is 0 Å². The summed E-state index contributed by atoms with van der Waals surface area (Å²) in [4.78, 5) is 11.7. The number of hydrogen-bond acceptors (Lipinski definition) is 1. The first-order chi connectivity index (χ1) is 6.33. The minimum Gasteiger partial charge on any atom is -0.299 e. The summed E-state index contributed by atoms with van der Waals surface area (Å²) in [5, 5.41) is 0. The Kier molecular flexibility index (Phi) is 0.928. The van der Waals surface area contributed by atoms with Crippen molar-refractivity contribution in [2.45, 2.75) is 32.1 Å². The van der Waals surface area contributed by atoms with Crippen molar-refractivity contribution >= 4 is 5.78 Å². The highest BCUT2D eigenvalue weighted by atomic mass is 16.1. The number of hydrogen-bond donors (Lipinski definition) is 0. The summed E-state index contributed by atoms with van der Waals surface area (Å²) in [7, 11) is 0. The Bertz CT molecular complexity index is 341. The molecule has 13 heavy (non-hydrogen) atoms. The third kappa shape index (κ3) is 0.490. The van der Waals surface area contributed by atoms with Gasteiger partial charge in [-0.1, -0.05) is 11.6 Å². The predicted molar refractivity (Wildman–Crippen MR) is 49.1 cm³/mol. The van der Waals surface area contributed by atoms with E-state index in [9.17, 15) is 4.79 Å². The molecule has 1 spiro atoms. The lowest BCUT2D eigenvalue weighted by molar-refractivity contribution is -0.127. The average molecular weight is 174 g/mol. The van der Waals surface area contributed by atoms with Crippen molar-refractivity contribution in [1.29, 1.82) is 0 Å². The molecule has 1 nitrogen and oxygen atoms in total. The van der Waals surface area contributed by atoms with Crippen molar-refractivity contribution < 1.29 is 4.79 Å². The first-order valence-corrected chi connectivity index (χ1v) is 5.55. The van der Waals surface area contributed by atoms with Crippen molar-refractivity contribution in [1.82, 2.24) is 0 Å². The van der Waals surface area contributed by atoms with Crippen LogP contribution in [0.15, 0.2) is 11.6 Å². The number of Topliss-reactive ketones (excluding diaryl/α,β-unsaturated/α-hetero) is 1. The molecule has 4 rings (SSSR count). The summed E-state index contributed by atoms with van der Waals surface area (Å²) >= 11 is 0. The fraction of sp³-hybridized carbons (Fsp3) is 0.750. The molecule has 0 aromatic rings. The molecule has 0 amide bonds. The summed E-state index contributed by atoms with van der Waals surface area (Å²) in [5.74, 6) is 2.71. The van der Waals surface area contributed by atoms with Crippen LogP contribution in [0.2, 0.25) is 0 Å². The van der Waals surface area contributed by atoms with Gasteiger partial charge in [-0.3, -0.25) is 4.79 Å². The van der Waals surface area contributed by atoms with Gasteiger partial charge in [-0.05, 0) is 37.5 Å². The van der Waals surface area contributed by atoms with Crippen LogP contribution in [0.4, 0.5) is 0 Å². The number of ketones is 1. The highest BCUT2D eigenvalue weighted by molar-refractivity contribution is 5.88. The van der Waals surface area contributed by atoms with E-state index in [-0.39, 0.29) is 0 Å². The molecule has 0 aromatic heterocycles. The van der Waals surface area contributed by atoms with Crippen molar-refractivity contribution in [2.75, 3.05) is 0 Å². The quantitative estimate of drug-likeness (QED) is 0.515. The van der Waals surface area contributed by atoms with Crippen LogP contribution in [-0.2, 0) is 4.79 Å². The van der Waals surface area contributed by atoms with Gasteiger partial charge in [0.1, 0.15) is 5.78 Å². The van der Waals surface area contributed by atoms with Gasteiger partial charge in [-0.25, -0.2) is 0 Å². The maximum atomic E-state index is 11.7. The van der Waals surface area contributed by atoms with Gasteiger partial charge in [0.25, 0.3) is 0 Å². The standard InChI is InChI=1S/C12H14O/c13-11-6-9-4-2-7-1-3-8-5-10(11)12(7,8)9/h2,8-10H,1,3-6H2/t8-,9+,10+,12?/m1/s1. The van der Waals surface area contributed by atoms with Gasteiger partial charge in [0, 0.05) is 17.8 Å². The lowest BCUT2D eigenvalue weighted by Crippen LogP contribution is -2.47. The molecule has 0 radical (unpaired) electrons. The molecule has 4 aliphatic rings. The van der Waals surface area contributed by atoms with E-state index >= 15 is 0 Å². The summed E-state index contributed by atoms with van der Waals surface area (Å²) < 4.78 is 0. The molecule has 1 unspecified atom stereocenters. The van der Waals surface area contributed by atoms with Crippen LogP contribution >= 0.6 is 0 Å². The Balaban J connectivity index is 1.94. The molecule has 4 aliphatic carbocycles. The average Bonchev–Trinajstić information content (AvgIpc) is 2.59. The normalized spacial score (nSPS) is 55.8. The number of carbonyl (C=O) groups is 1. The molecule has 1 heteroatoms. The van der Waals surface area contributed by atoms with Crippen LogP contribution in [-0.4, -0.2) is 5.78 Å². The van der Waals surface area contributed by atoms with Gasteiger partial charge >= 0.3 is 0 Å². The minimum atomic E-state index is 0.455. The summed E-state index contributed by atoms with van der Waals surface area (Å²) in [6.07, 6.45) is 8.50. The van der Waals surface area contributed by atoms with Crippen LogP contribution in [0.3, 0.4) is 0 Å². The molecule has 4 atom stereocenters. The van der Waals surface area contributed by atoms with E-state index in [0.717, 1.165) is 18.3 Å². The number of allylic oxidation sites excluding steroid dienone is 2. The van der Waals surface area contributed by atoms with E-state index < -0.39 is 0 Å². The number of carbonyl (C=O) groups excluding carboxylic acids is 1. The van der Waals surface area contributed by atoms with E-state index in [1.54, 1.807) is 5.57 Å². The molecule has 68 valence electrons. The molecule has 0 bridgehead atoms. The van der Waals surface area contributed by atoms with Crippen LogP contribution in [0.5, 0.6) is 0 Å². The molecule has 3 fully saturated rings. The van der Waals surface area contributed by atoms with Crippen molar-refractivity contribution in [3.8, 4) is 0 Å². The third-order valence-corrected chi connectivity index (χ3v) is 5.25. The van der Waals surface area contributed by atoms with Crippen LogP contribution in [0.25, 0.3) is 0 Å². The predicted octanol–water partition coefficient (Wildman–Crippen LogP) is 2.32.